The van der Waals surface area contributed by atoms with E-state index in [0.29, 0.717) is 12.3 Å². The van der Waals surface area contributed by atoms with Crippen LogP contribution in [0.4, 0.5) is 10.1 Å². The van der Waals surface area contributed by atoms with Crippen LogP contribution >= 0.6 is 0 Å². The molecule has 0 fully saturated rings. The second-order valence-electron chi connectivity index (χ2n) is 5.36. The lowest BCUT2D eigenvalue weighted by atomic mass is 10.0. The highest BCUT2D eigenvalue weighted by atomic mass is 19.1. The van der Waals surface area contributed by atoms with Crippen LogP contribution in [0.15, 0.2) is 36.4 Å². The maximum Gasteiger partial charge on any atom is 0.125 e. The zero-order valence-corrected chi connectivity index (χ0v) is 11.9. The summed E-state index contributed by atoms with van der Waals surface area (Å²) in [5.74, 6) is 0.633. The monoisotopic (exact) mass is 287 g/mol. The van der Waals surface area contributed by atoms with Gasteiger partial charge in [0, 0.05) is 12.1 Å². The van der Waals surface area contributed by atoms with E-state index in [1.807, 2.05) is 31.2 Å². The number of aliphatic hydroxyl groups is 1. The van der Waals surface area contributed by atoms with Gasteiger partial charge >= 0.3 is 0 Å². The number of aliphatic hydroxyl groups excluding tert-OH is 1. The average Bonchev–Trinajstić information content (AvgIpc) is 2.91. The summed E-state index contributed by atoms with van der Waals surface area (Å²) in [7, 11) is 0. The molecule has 0 radical (unpaired) electrons. The third kappa shape index (κ3) is 3.00. The Morgan fingerprint density at radius 3 is 2.90 bits per heavy atom. The van der Waals surface area contributed by atoms with Gasteiger partial charge in [0.1, 0.15) is 11.6 Å². The van der Waals surface area contributed by atoms with Crippen LogP contribution in [0.25, 0.3) is 0 Å². The van der Waals surface area contributed by atoms with Gasteiger partial charge in [0.05, 0.1) is 19.3 Å². The molecule has 1 aliphatic heterocycles. The van der Waals surface area contributed by atoms with Crippen LogP contribution < -0.4 is 10.1 Å². The van der Waals surface area contributed by atoms with Gasteiger partial charge in [0.15, 0.2) is 0 Å². The van der Waals surface area contributed by atoms with Crippen LogP contribution in [0, 0.1) is 12.7 Å². The Hall–Kier alpha value is -2.07. The summed E-state index contributed by atoms with van der Waals surface area (Å²) in [5.41, 5.74) is 3.65. The molecule has 0 aliphatic carbocycles. The maximum absolute atomic E-state index is 13.4. The largest absolute Gasteiger partial charge is 0.493 e. The van der Waals surface area contributed by atoms with Gasteiger partial charge in [-0.15, -0.1) is 0 Å². The molecule has 0 saturated carbocycles. The van der Waals surface area contributed by atoms with E-state index in [1.165, 1.54) is 12.1 Å². The highest BCUT2D eigenvalue weighted by molar-refractivity contribution is 5.49. The predicted octanol–water partition coefficient (Wildman–Crippen LogP) is 3.21. The second-order valence-corrected chi connectivity index (χ2v) is 5.36. The first kappa shape index (κ1) is 13.9. The van der Waals surface area contributed by atoms with E-state index in [2.05, 4.69) is 5.32 Å². The topological polar surface area (TPSA) is 41.5 Å². The molecule has 1 heterocycles. The lowest BCUT2D eigenvalue weighted by molar-refractivity contribution is 0.276. The Balaban J connectivity index is 1.84. The highest BCUT2D eigenvalue weighted by Gasteiger charge is 2.16. The van der Waals surface area contributed by atoms with Crippen molar-refractivity contribution in [3.8, 4) is 5.75 Å². The predicted molar refractivity (Wildman–Crippen MR) is 80.2 cm³/mol. The van der Waals surface area contributed by atoms with Gasteiger partial charge in [-0.1, -0.05) is 6.07 Å². The lowest BCUT2D eigenvalue weighted by Gasteiger charge is -2.19. The summed E-state index contributed by atoms with van der Waals surface area (Å²) in [5, 5.41) is 12.8. The molecule has 3 nitrogen and oxygen atoms in total. The standard InChI is InChI=1S/C17H18FNO2/c1-11-6-14(18)9-15(7-11)19-16(10-20)12-2-3-17-13(8-12)4-5-21-17/h2-3,6-9,16,19-20H,4-5,10H2,1H3. The molecule has 1 atom stereocenters. The van der Waals surface area contributed by atoms with Gasteiger partial charge in [-0.05, 0) is 53.9 Å². The molecule has 21 heavy (non-hydrogen) atoms. The van der Waals surface area contributed by atoms with Crippen molar-refractivity contribution in [2.75, 3.05) is 18.5 Å². The zero-order chi connectivity index (χ0) is 14.8. The summed E-state index contributed by atoms with van der Waals surface area (Å²) >= 11 is 0. The van der Waals surface area contributed by atoms with E-state index in [9.17, 15) is 9.50 Å². The number of ether oxygens (including phenoxy) is 1. The maximum atomic E-state index is 13.4. The van der Waals surface area contributed by atoms with Crippen molar-refractivity contribution in [3.05, 3.63) is 58.9 Å². The fraction of sp³-hybridized carbons (Fsp3) is 0.294. The van der Waals surface area contributed by atoms with Gasteiger partial charge in [-0.3, -0.25) is 0 Å². The average molecular weight is 287 g/mol. The SMILES string of the molecule is Cc1cc(F)cc(NC(CO)c2ccc3c(c2)CCO3)c1. The summed E-state index contributed by atoms with van der Waals surface area (Å²) in [6.45, 7) is 2.49. The first-order chi connectivity index (χ1) is 10.2. The van der Waals surface area contributed by atoms with Crippen LogP contribution in [0.3, 0.4) is 0 Å². The van der Waals surface area contributed by atoms with Gasteiger partial charge in [0.2, 0.25) is 0 Å². The third-order valence-corrected chi connectivity index (χ3v) is 3.68. The first-order valence-corrected chi connectivity index (χ1v) is 7.06. The van der Waals surface area contributed by atoms with Gasteiger partial charge < -0.3 is 15.2 Å². The summed E-state index contributed by atoms with van der Waals surface area (Å²) in [6, 6.07) is 10.4. The van der Waals surface area contributed by atoms with E-state index in [-0.39, 0.29) is 18.5 Å². The highest BCUT2D eigenvalue weighted by Crippen LogP contribution is 2.29. The van der Waals surface area contributed by atoms with Crippen molar-refractivity contribution in [1.82, 2.24) is 0 Å². The number of anilines is 1. The molecule has 0 spiro atoms. The fourth-order valence-corrected chi connectivity index (χ4v) is 2.68. The van der Waals surface area contributed by atoms with Gasteiger partial charge in [0.25, 0.3) is 0 Å². The molecule has 0 aromatic heterocycles. The van der Waals surface area contributed by atoms with E-state index >= 15 is 0 Å². The van der Waals surface area contributed by atoms with Crippen molar-refractivity contribution in [2.45, 2.75) is 19.4 Å². The van der Waals surface area contributed by atoms with Crippen molar-refractivity contribution in [2.24, 2.45) is 0 Å². The van der Waals surface area contributed by atoms with Crippen molar-refractivity contribution in [3.63, 3.8) is 0 Å². The molecule has 110 valence electrons. The van der Waals surface area contributed by atoms with Crippen molar-refractivity contribution in [1.29, 1.82) is 0 Å². The Labute approximate surface area is 123 Å². The molecule has 1 aliphatic rings. The van der Waals surface area contributed by atoms with Crippen LogP contribution in [0.2, 0.25) is 0 Å². The molecule has 2 N–H and O–H groups in total. The quantitative estimate of drug-likeness (QED) is 0.907. The van der Waals surface area contributed by atoms with E-state index in [4.69, 9.17) is 4.74 Å². The number of aryl methyl sites for hydroxylation is 1. The fourth-order valence-electron chi connectivity index (χ4n) is 2.68. The van der Waals surface area contributed by atoms with E-state index < -0.39 is 0 Å². The minimum absolute atomic E-state index is 0.0603. The third-order valence-electron chi connectivity index (χ3n) is 3.68. The Morgan fingerprint density at radius 1 is 1.29 bits per heavy atom. The van der Waals surface area contributed by atoms with E-state index in [0.717, 1.165) is 28.9 Å². The van der Waals surface area contributed by atoms with Gasteiger partial charge in [-0.25, -0.2) is 4.39 Å². The van der Waals surface area contributed by atoms with Gasteiger partial charge in [-0.2, -0.15) is 0 Å². The van der Waals surface area contributed by atoms with Crippen LogP contribution in [0.5, 0.6) is 5.75 Å². The number of halogens is 1. The lowest BCUT2D eigenvalue weighted by Crippen LogP contribution is -2.15. The molecular formula is C17H18FNO2. The smallest absolute Gasteiger partial charge is 0.125 e. The van der Waals surface area contributed by atoms with Crippen LogP contribution in [-0.4, -0.2) is 18.3 Å². The second kappa shape index (κ2) is 5.74. The number of nitrogens with one attached hydrogen (secondary N) is 1. The van der Waals surface area contributed by atoms with Crippen LogP contribution in [0.1, 0.15) is 22.7 Å². The summed E-state index contributed by atoms with van der Waals surface area (Å²) in [6.07, 6.45) is 0.889. The Kier molecular flexibility index (Phi) is 3.80. The number of hydrogen-bond acceptors (Lipinski definition) is 3. The molecule has 4 heteroatoms. The minimum Gasteiger partial charge on any atom is -0.493 e. The number of fused-ring (bicyclic) bond motifs is 1. The summed E-state index contributed by atoms with van der Waals surface area (Å²) < 4.78 is 18.9. The minimum atomic E-state index is -0.281. The Morgan fingerprint density at radius 2 is 2.14 bits per heavy atom. The zero-order valence-electron chi connectivity index (χ0n) is 11.9. The molecule has 0 saturated heterocycles. The first-order valence-electron chi connectivity index (χ1n) is 7.06. The molecule has 0 bridgehead atoms. The number of rotatable bonds is 4. The Bertz CT molecular complexity index is 637. The van der Waals surface area contributed by atoms with Crippen molar-refractivity contribution >= 4 is 5.69 Å². The van der Waals surface area contributed by atoms with Crippen LogP contribution in [-0.2, 0) is 6.42 Å². The molecule has 2 aromatic carbocycles. The summed E-state index contributed by atoms with van der Waals surface area (Å²) in [4.78, 5) is 0. The number of hydrogen-bond donors (Lipinski definition) is 2. The molecule has 2 aromatic rings. The molecule has 0 amide bonds. The normalized spacial score (nSPS) is 14.4. The molecule has 3 rings (SSSR count). The molecular weight excluding hydrogens is 269 g/mol. The van der Waals surface area contributed by atoms with E-state index in [1.54, 1.807) is 0 Å². The number of benzene rings is 2. The van der Waals surface area contributed by atoms with Crippen molar-refractivity contribution < 1.29 is 14.2 Å². The molecule has 1 unspecified atom stereocenters.